The summed E-state index contributed by atoms with van der Waals surface area (Å²) >= 11 is 0. The van der Waals surface area contributed by atoms with Gasteiger partial charge in [0.25, 0.3) is 0 Å². The number of ether oxygens (including phenoxy) is 2. The number of rotatable bonds is 9. The van der Waals surface area contributed by atoms with Crippen LogP contribution < -0.4 is 10.1 Å². The van der Waals surface area contributed by atoms with E-state index in [9.17, 15) is 4.79 Å². The van der Waals surface area contributed by atoms with Gasteiger partial charge in [-0.1, -0.05) is 12.1 Å². The molecule has 1 aliphatic carbocycles. The third kappa shape index (κ3) is 4.65. The van der Waals surface area contributed by atoms with Crippen LogP contribution in [0.2, 0.25) is 0 Å². The summed E-state index contributed by atoms with van der Waals surface area (Å²) in [6, 6.07) is 7.36. The lowest BCUT2D eigenvalue weighted by atomic mass is 10.1. The molecule has 0 spiro atoms. The Labute approximate surface area is 114 Å². The average molecular weight is 263 g/mol. The molecule has 0 aromatic heterocycles. The summed E-state index contributed by atoms with van der Waals surface area (Å²) in [6.07, 6.45) is 2.58. The zero-order valence-electron chi connectivity index (χ0n) is 11.4. The molecule has 104 valence electrons. The molecule has 0 radical (unpaired) electrons. The molecule has 1 aromatic rings. The second-order valence-corrected chi connectivity index (χ2v) is 4.83. The Bertz CT molecular complexity index is 416. The van der Waals surface area contributed by atoms with E-state index in [-0.39, 0.29) is 5.78 Å². The zero-order valence-corrected chi connectivity index (χ0v) is 11.4. The van der Waals surface area contributed by atoms with Gasteiger partial charge in [0.1, 0.15) is 12.4 Å². The predicted octanol–water partition coefficient (Wildman–Crippen LogP) is 1.89. The van der Waals surface area contributed by atoms with Crippen molar-refractivity contribution in [2.24, 2.45) is 5.92 Å². The van der Waals surface area contributed by atoms with Gasteiger partial charge in [-0.25, -0.2) is 0 Å². The van der Waals surface area contributed by atoms with E-state index in [0.29, 0.717) is 31.1 Å². The third-order valence-corrected chi connectivity index (χ3v) is 3.15. The number of methoxy groups -OCH3 is 1. The van der Waals surface area contributed by atoms with Crippen molar-refractivity contribution < 1.29 is 14.3 Å². The quantitative estimate of drug-likeness (QED) is 0.546. The van der Waals surface area contributed by atoms with Crippen molar-refractivity contribution in [1.29, 1.82) is 0 Å². The lowest BCUT2D eigenvalue weighted by Crippen LogP contribution is -2.25. The molecule has 19 heavy (non-hydrogen) atoms. The number of carbonyl (C=O) groups excluding carboxylic acids is 1. The minimum Gasteiger partial charge on any atom is -0.490 e. The number of carbonyl (C=O) groups is 1. The van der Waals surface area contributed by atoms with Crippen molar-refractivity contribution in [2.45, 2.75) is 12.8 Å². The first kappa shape index (κ1) is 14.0. The molecule has 1 fully saturated rings. The van der Waals surface area contributed by atoms with Gasteiger partial charge in [-0.3, -0.25) is 4.79 Å². The summed E-state index contributed by atoms with van der Waals surface area (Å²) in [6.45, 7) is 2.29. The normalized spacial score (nSPS) is 14.4. The van der Waals surface area contributed by atoms with E-state index in [0.717, 1.165) is 12.5 Å². The fourth-order valence-electron chi connectivity index (χ4n) is 1.86. The van der Waals surface area contributed by atoms with Gasteiger partial charge in [0, 0.05) is 7.11 Å². The van der Waals surface area contributed by atoms with Gasteiger partial charge in [0.2, 0.25) is 0 Å². The molecule has 0 atom stereocenters. The van der Waals surface area contributed by atoms with Gasteiger partial charge in [-0.15, -0.1) is 0 Å². The first-order valence-electron chi connectivity index (χ1n) is 6.76. The van der Waals surface area contributed by atoms with Gasteiger partial charge in [-0.2, -0.15) is 0 Å². The average Bonchev–Trinajstić information content (AvgIpc) is 3.24. The van der Waals surface area contributed by atoms with Crippen LogP contribution >= 0.6 is 0 Å². The van der Waals surface area contributed by atoms with Crippen molar-refractivity contribution >= 4 is 5.78 Å². The molecule has 1 aliphatic rings. The molecule has 1 saturated carbocycles. The van der Waals surface area contributed by atoms with Gasteiger partial charge < -0.3 is 14.8 Å². The first-order chi connectivity index (χ1) is 9.31. The SMILES string of the molecule is COCCOc1ccccc1C(=O)CNCC1CC1. The Kier molecular flexibility index (Phi) is 5.36. The van der Waals surface area contributed by atoms with E-state index < -0.39 is 0 Å². The zero-order chi connectivity index (χ0) is 13.5. The van der Waals surface area contributed by atoms with E-state index in [1.807, 2.05) is 24.3 Å². The Morgan fingerprint density at radius 2 is 2.11 bits per heavy atom. The summed E-state index contributed by atoms with van der Waals surface area (Å²) < 4.78 is 10.5. The number of Topliss-reactive ketones (excluding diaryl/α,β-unsaturated/α-hetero) is 1. The molecule has 0 amide bonds. The molecule has 0 heterocycles. The standard InChI is InChI=1S/C15H21NO3/c1-18-8-9-19-15-5-3-2-4-13(15)14(17)11-16-10-12-6-7-12/h2-5,12,16H,6-11H2,1H3. The summed E-state index contributed by atoms with van der Waals surface area (Å²) in [7, 11) is 1.63. The van der Waals surface area contributed by atoms with E-state index in [2.05, 4.69) is 5.32 Å². The van der Waals surface area contributed by atoms with Crippen molar-refractivity contribution in [3.8, 4) is 5.75 Å². The van der Waals surface area contributed by atoms with Crippen LogP contribution in [0.3, 0.4) is 0 Å². The molecule has 0 aliphatic heterocycles. The molecule has 2 rings (SSSR count). The monoisotopic (exact) mass is 263 g/mol. The molecule has 1 aromatic carbocycles. The molecule has 4 nitrogen and oxygen atoms in total. The van der Waals surface area contributed by atoms with Crippen molar-refractivity contribution in [3.63, 3.8) is 0 Å². The maximum Gasteiger partial charge on any atom is 0.180 e. The maximum atomic E-state index is 12.1. The van der Waals surface area contributed by atoms with Crippen molar-refractivity contribution in [3.05, 3.63) is 29.8 Å². The van der Waals surface area contributed by atoms with E-state index in [1.54, 1.807) is 7.11 Å². The van der Waals surface area contributed by atoms with Gasteiger partial charge in [0.05, 0.1) is 18.7 Å². The second-order valence-electron chi connectivity index (χ2n) is 4.83. The van der Waals surface area contributed by atoms with Crippen LogP contribution in [0.25, 0.3) is 0 Å². The smallest absolute Gasteiger partial charge is 0.180 e. The number of hydrogen-bond acceptors (Lipinski definition) is 4. The van der Waals surface area contributed by atoms with Gasteiger partial charge >= 0.3 is 0 Å². The Balaban J connectivity index is 1.86. The first-order valence-corrected chi connectivity index (χ1v) is 6.76. The Hall–Kier alpha value is -1.39. The number of benzene rings is 1. The largest absolute Gasteiger partial charge is 0.490 e. The molecular weight excluding hydrogens is 242 g/mol. The lowest BCUT2D eigenvalue weighted by Gasteiger charge is -2.10. The number of hydrogen-bond donors (Lipinski definition) is 1. The van der Waals surface area contributed by atoms with Crippen LogP contribution in [0.4, 0.5) is 0 Å². The Morgan fingerprint density at radius 1 is 1.32 bits per heavy atom. The fourth-order valence-corrected chi connectivity index (χ4v) is 1.86. The number of para-hydroxylation sites is 1. The lowest BCUT2D eigenvalue weighted by molar-refractivity contribution is 0.0983. The number of ketones is 1. The van der Waals surface area contributed by atoms with Crippen molar-refractivity contribution in [2.75, 3.05) is 33.4 Å². The predicted molar refractivity (Wildman–Crippen MR) is 73.7 cm³/mol. The van der Waals surface area contributed by atoms with E-state index in [1.165, 1.54) is 12.8 Å². The van der Waals surface area contributed by atoms with Crippen LogP contribution in [0, 0.1) is 5.92 Å². The highest BCUT2D eigenvalue weighted by Crippen LogP contribution is 2.27. The number of nitrogens with one attached hydrogen (secondary N) is 1. The molecule has 4 heteroatoms. The molecule has 0 bridgehead atoms. The maximum absolute atomic E-state index is 12.1. The second kappa shape index (κ2) is 7.26. The van der Waals surface area contributed by atoms with Crippen LogP contribution in [0.15, 0.2) is 24.3 Å². The van der Waals surface area contributed by atoms with E-state index in [4.69, 9.17) is 9.47 Å². The van der Waals surface area contributed by atoms with Crippen LogP contribution in [0.1, 0.15) is 23.2 Å². The minimum atomic E-state index is 0.0775. The molecule has 0 saturated heterocycles. The highest BCUT2D eigenvalue weighted by molar-refractivity contribution is 6.00. The highest BCUT2D eigenvalue weighted by atomic mass is 16.5. The third-order valence-electron chi connectivity index (χ3n) is 3.15. The Morgan fingerprint density at radius 3 is 2.84 bits per heavy atom. The fraction of sp³-hybridized carbons (Fsp3) is 0.533. The van der Waals surface area contributed by atoms with Crippen molar-refractivity contribution in [1.82, 2.24) is 5.32 Å². The molecule has 1 N–H and O–H groups in total. The minimum absolute atomic E-state index is 0.0775. The van der Waals surface area contributed by atoms with Gasteiger partial charge in [-0.05, 0) is 37.4 Å². The van der Waals surface area contributed by atoms with Crippen LogP contribution in [-0.2, 0) is 4.74 Å². The topological polar surface area (TPSA) is 47.6 Å². The molecule has 0 unspecified atom stereocenters. The summed E-state index contributed by atoms with van der Waals surface area (Å²) in [5.41, 5.74) is 0.641. The van der Waals surface area contributed by atoms with E-state index >= 15 is 0 Å². The summed E-state index contributed by atoms with van der Waals surface area (Å²) in [5.74, 6) is 1.49. The molecular formula is C15H21NO3. The summed E-state index contributed by atoms with van der Waals surface area (Å²) in [4.78, 5) is 12.1. The van der Waals surface area contributed by atoms with Gasteiger partial charge in [0.15, 0.2) is 5.78 Å². The summed E-state index contributed by atoms with van der Waals surface area (Å²) in [5, 5.41) is 3.21. The van der Waals surface area contributed by atoms with Crippen LogP contribution in [0.5, 0.6) is 5.75 Å². The van der Waals surface area contributed by atoms with Crippen LogP contribution in [-0.4, -0.2) is 39.2 Å². The highest BCUT2D eigenvalue weighted by Gasteiger charge is 2.21.